The fourth-order valence-electron chi connectivity index (χ4n) is 3.02. The first-order chi connectivity index (χ1) is 12.4. The molecule has 1 fully saturated rings. The van der Waals surface area contributed by atoms with E-state index in [-0.39, 0.29) is 30.4 Å². The van der Waals surface area contributed by atoms with Crippen molar-refractivity contribution in [2.75, 3.05) is 45.2 Å². The SMILES string of the molecule is C=CC(=O)N(C)CC(=O)N1CCN(c2ccc(C(=O)OC)cc2)CC1C. The van der Waals surface area contributed by atoms with Crippen molar-refractivity contribution < 1.29 is 19.1 Å². The lowest BCUT2D eigenvalue weighted by molar-refractivity contribution is -0.139. The summed E-state index contributed by atoms with van der Waals surface area (Å²) in [5.74, 6) is -0.704. The molecule has 1 aliphatic heterocycles. The van der Waals surface area contributed by atoms with Crippen LogP contribution in [0.25, 0.3) is 0 Å². The Balaban J connectivity index is 1.97. The lowest BCUT2D eigenvalue weighted by atomic mass is 10.1. The molecule has 7 nitrogen and oxygen atoms in total. The summed E-state index contributed by atoms with van der Waals surface area (Å²) in [4.78, 5) is 40.9. The van der Waals surface area contributed by atoms with Crippen LogP contribution >= 0.6 is 0 Å². The van der Waals surface area contributed by atoms with Crippen LogP contribution in [-0.2, 0) is 14.3 Å². The Bertz CT molecular complexity index is 687. The molecule has 140 valence electrons. The van der Waals surface area contributed by atoms with Crippen LogP contribution in [0.3, 0.4) is 0 Å². The Kier molecular flexibility index (Phi) is 6.38. The fourth-order valence-corrected chi connectivity index (χ4v) is 3.02. The molecule has 1 atom stereocenters. The van der Waals surface area contributed by atoms with Gasteiger partial charge in [0, 0.05) is 38.4 Å². The van der Waals surface area contributed by atoms with Gasteiger partial charge in [0.2, 0.25) is 11.8 Å². The van der Waals surface area contributed by atoms with E-state index in [4.69, 9.17) is 4.74 Å². The lowest BCUT2D eigenvalue weighted by Crippen LogP contribution is -2.56. The van der Waals surface area contributed by atoms with Crippen LogP contribution in [0.5, 0.6) is 0 Å². The monoisotopic (exact) mass is 359 g/mol. The topological polar surface area (TPSA) is 70.2 Å². The van der Waals surface area contributed by atoms with Gasteiger partial charge in [-0.05, 0) is 37.3 Å². The van der Waals surface area contributed by atoms with E-state index in [0.717, 1.165) is 5.69 Å². The van der Waals surface area contributed by atoms with Gasteiger partial charge in [-0.25, -0.2) is 4.79 Å². The molecule has 2 rings (SSSR count). The van der Waals surface area contributed by atoms with Crippen molar-refractivity contribution in [3.63, 3.8) is 0 Å². The van der Waals surface area contributed by atoms with E-state index in [1.165, 1.54) is 18.1 Å². The standard InChI is InChI=1S/C19H25N3O4/c1-5-17(23)20(3)13-18(24)22-11-10-21(12-14(22)2)16-8-6-15(7-9-16)19(25)26-4/h5-9,14H,1,10-13H2,2-4H3. The molecule has 0 aromatic heterocycles. The molecule has 1 aliphatic rings. The van der Waals surface area contributed by atoms with Crippen molar-refractivity contribution in [3.8, 4) is 0 Å². The zero-order valence-corrected chi connectivity index (χ0v) is 15.5. The number of nitrogens with zero attached hydrogens (tertiary/aromatic N) is 3. The summed E-state index contributed by atoms with van der Waals surface area (Å²) < 4.78 is 4.70. The van der Waals surface area contributed by atoms with Gasteiger partial charge in [-0.1, -0.05) is 6.58 Å². The number of amides is 2. The van der Waals surface area contributed by atoms with Gasteiger partial charge in [0.05, 0.1) is 19.2 Å². The quantitative estimate of drug-likeness (QED) is 0.583. The molecule has 0 aliphatic carbocycles. The predicted molar refractivity (Wildman–Crippen MR) is 99.0 cm³/mol. The van der Waals surface area contributed by atoms with Crippen LogP contribution in [0, 0.1) is 0 Å². The number of methoxy groups -OCH3 is 1. The summed E-state index contributed by atoms with van der Waals surface area (Å²) in [5, 5.41) is 0. The normalized spacial score (nSPS) is 16.8. The minimum atomic E-state index is -0.362. The van der Waals surface area contributed by atoms with Gasteiger partial charge in [-0.15, -0.1) is 0 Å². The maximum absolute atomic E-state index is 12.5. The number of benzene rings is 1. The number of hydrogen-bond donors (Lipinski definition) is 0. The van der Waals surface area contributed by atoms with Crippen LogP contribution in [0.1, 0.15) is 17.3 Å². The minimum absolute atomic E-state index is 0.0174. The van der Waals surface area contributed by atoms with Gasteiger partial charge < -0.3 is 19.4 Å². The summed E-state index contributed by atoms with van der Waals surface area (Å²) in [6.07, 6.45) is 1.20. The first kappa shape index (κ1) is 19.5. The van der Waals surface area contributed by atoms with E-state index in [0.29, 0.717) is 25.2 Å². The molecule has 0 radical (unpaired) electrons. The van der Waals surface area contributed by atoms with Crippen molar-refractivity contribution in [3.05, 3.63) is 42.5 Å². The average molecular weight is 359 g/mol. The number of ether oxygens (including phenoxy) is 1. The number of likely N-dealkylation sites (N-methyl/N-ethyl adjacent to an activating group) is 1. The Morgan fingerprint density at radius 3 is 2.46 bits per heavy atom. The molecule has 0 spiro atoms. The predicted octanol–water partition coefficient (Wildman–Crippen LogP) is 1.15. The van der Waals surface area contributed by atoms with Gasteiger partial charge in [-0.3, -0.25) is 9.59 Å². The van der Waals surface area contributed by atoms with Crippen LogP contribution in [0.2, 0.25) is 0 Å². The minimum Gasteiger partial charge on any atom is -0.465 e. The van der Waals surface area contributed by atoms with Crippen molar-refractivity contribution in [1.29, 1.82) is 0 Å². The summed E-state index contributed by atoms with van der Waals surface area (Å²) in [6, 6.07) is 7.25. The molecule has 1 aromatic carbocycles. The molecule has 0 saturated carbocycles. The zero-order valence-electron chi connectivity index (χ0n) is 15.5. The van der Waals surface area contributed by atoms with Gasteiger partial charge >= 0.3 is 5.97 Å². The van der Waals surface area contributed by atoms with Gasteiger partial charge in [-0.2, -0.15) is 0 Å². The summed E-state index contributed by atoms with van der Waals surface area (Å²) in [7, 11) is 2.94. The molecule has 0 bridgehead atoms. The van der Waals surface area contributed by atoms with Crippen molar-refractivity contribution in [2.24, 2.45) is 0 Å². The molecule has 1 saturated heterocycles. The third-order valence-electron chi connectivity index (χ3n) is 4.52. The van der Waals surface area contributed by atoms with Gasteiger partial charge in [0.1, 0.15) is 0 Å². The van der Waals surface area contributed by atoms with Crippen LogP contribution in [0.15, 0.2) is 36.9 Å². The fraction of sp³-hybridized carbons (Fsp3) is 0.421. The Hall–Kier alpha value is -2.83. The highest BCUT2D eigenvalue weighted by molar-refractivity contribution is 5.91. The number of carbonyl (C=O) groups excluding carboxylic acids is 3. The van der Waals surface area contributed by atoms with Crippen molar-refractivity contribution in [1.82, 2.24) is 9.80 Å². The molecule has 1 heterocycles. The third-order valence-corrected chi connectivity index (χ3v) is 4.52. The van der Waals surface area contributed by atoms with Gasteiger partial charge in [0.15, 0.2) is 0 Å². The largest absolute Gasteiger partial charge is 0.465 e. The molecule has 26 heavy (non-hydrogen) atoms. The van der Waals surface area contributed by atoms with Crippen LogP contribution in [0.4, 0.5) is 5.69 Å². The Morgan fingerprint density at radius 1 is 1.27 bits per heavy atom. The Morgan fingerprint density at radius 2 is 1.92 bits per heavy atom. The van der Waals surface area contributed by atoms with Gasteiger partial charge in [0.25, 0.3) is 0 Å². The second-order valence-corrected chi connectivity index (χ2v) is 6.32. The smallest absolute Gasteiger partial charge is 0.337 e. The van der Waals surface area contributed by atoms with E-state index < -0.39 is 0 Å². The molecule has 2 amide bonds. The number of hydrogen-bond acceptors (Lipinski definition) is 5. The number of piperazine rings is 1. The van der Waals surface area contributed by atoms with Crippen molar-refractivity contribution in [2.45, 2.75) is 13.0 Å². The lowest BCUT2D eigenvalue weighted by Gasteiger charge is -2.41. The first-order valence-electron chi connectivity index (χ1n) is 8.47. The van der Waals surface area contributed by atoms with E-state index in [1.807, 2.05) is 19.1 Å². The first-order valence-corrected chi connectivity index (χ1v) is 8.47. The summed E-state index contributed by atoms with van der Waals surface area (Å²) >= 11 is 0. The summed E-state index contributed by atoms with van der Waals surface area (Å²) in [5.41, 5.74) is 1.50. The average Bonchev–Trinajstić information content (AvgIpc) is 2.66. The number of esters is 1. The summed E-state index contributed by atoms with van der Waals surface area (Å²) in [6.45, 7) is 7.41. The number of rotatable bonds is 5. The highest BCUT2D eigenvalue weighted by Crippen LogP contribution is 2.20. The molecular weight excluding hydrogens is 334 g/mol. The maximum atomic E-state index is 12.5. The maximum Gasteiger partial charge on any atom is 0.337 e. The molecule has 0 N–H and O–H groups in total. The van der Waals surface area contributed by atoms with E-state index in [9.17, 15) is 14.4 Å². The molecular formula is C19H25N3O4. The van der Waals surface area contributed by atoms with E-state index >= 15 is 0 Å². The van der Waals surface area contributed by atoms with Crippen LogP contribution < -0.4 is 4.90 Å². The van der Waals surface area contributed by atoms with Crippen molar-refractivity contribution >= 4 is 23.5 Å². The number of carbonyl (C=O) groups is 3. The zero-order chi connectivity index (χ0) is 19.3. The molecule has 7 heteroatoms. The molecule has 1 unspecified atom stereocenters. The highest BCUT2D eigenvalue weighted by Gasteiger charge is 2.28. The number of anilines is 1. The second-order valence-electron chi connectivity index (χ2n) is 6.32. The van der Waals surface area contributed by atoms with E-state index in [2.05, 4.69) is 11.5 Å². The third kappa shape index (κ3) is 4.41. The Labute approximate surface area is 153 Å². The van der Waals surface area contributed by atoms with Crippen LogP contribution in [-0.4, -0.2) is 74.0 Å². The second kappa shape index (κ2) is 8.51. The molecule has 1 aromatic rings. The highest BCUT2D eigenvalue weighted by atomic mass is 16.5. The van der Waals surface area contributed by atoms with E-state index in [1.54, 1.807) is 24.1 Å².